The summed E-state index contributed by atoms with van der Waals surface area (Å²) in [6.07, 6.45) is 2.36. The van der Waals surface area contributed by atoms with Gasteiger partial charge < -0.3 is 10.2 Å². The second kappa shape index (κ2) is 10.0. The summed E-state index contributed by atoms with van der Waals surface area (Å²) in [5, 5.41) is 4.07. The number of carbonyl (C=O) groups is 1. The van der Waals surface area contributed by atoms with Crippen molar-refractivity contribution >= 4 is 22.6 Å². The van der Waals surface area contributed by atoms with Crippen LogP contribution < -0.4 is 10.2 Å². The molecule has 29 heavy (non-hydrogen) atoms. The highest BCUT2D eigenvalue weighted by molar-refractivity contribution is 5.91. The lowest BCUT2D eigenvalue weighted by Crippen LogP contribution is -2.36. The smallest absolute Gasteiger partial charge is 0.221 e. The van der Waals surface area contributed by atoms with E-state index in [1.807, 2.05) is 55.5 Å². The Kier molecular flexibility index (Phi) is 7.17. The van der Waals surface area contributed by atoms with Crippen LogP contribution in [0.5, 0.6) is 0 Å². The summed E-state index contributed by atoms with van der Waals surface area (Å²) in [4.78, 5) is 24.3. The number of para-hydroxylation sites is 1. The van der Waals surface area contributed by atoms with Crippen LogP contribution in [0.2, 0.25) is 0 Å². The maximum absolute atomic E-state index is 12.3. The summed E-state index contributed by atoms with van der Waals surface area (Å²) in [6.45, 7) is 7.73. The van der Waals surface area contributed by atoms with Gasteiger partial charge in [-0.2, -0.15) is 0 Å². The number of hydrogen-bond acceptors (Lipinski definition) is 4. The SMILES string of the molecule is CCCN(CCC(=O)N[C@@H](C)CC)c1nc(-c2ccccc2)nc2ccccc12. The van der Waals surface area contributed by atoms with E-state index in [0.717, 1.165) is 41.7 Å². The molecule has 1 amide bonds. The number of rotatable bonds is 9. The maximum Gasteiger partial charge on any atom is 0.221 e. The molecule has 0 spiro atoms. The summed E-state index contributed by atoms with van der Waals surface area (Å²) >= 11 is 0. The van der Waals surface area contributed by atoms with Crippen molar-refractivity contribution in [1.82, 2.24) is 15.3 Å². The van der Waals surface area contributed by atoms with Gasteiger partial charge in [-0.1, -0.05) is 56.3 Å². The molecule has 152 valence electrons. The van der Waals surface area contributed by atoms with Crippen LogP contribution in [0.4, 0.5) is 5.82 Å². The van der Waals surface area contributed by atoms with Crippen LogP contribution in [0, 0.1) is 0 Å². The standard InChI is InChI=1S/C24H30N4O/c1-4-16-28(17-15-22(29)25-18(3)5-2)24-20-13-9-10-14-21(20)26-23(27-24)19-11-7-6-8-12-19/h6-14,18H,4-5,15-17H2,1-3H3,(H,25,29)/t18-/m0/s1. The summed E-state index contributed by atoms with van der Waals surface area (Å²) in [5.41, 5.74) is 1.91. The minimum absolute atomic E-state index is 0.0853. The number of carbonyl (C=O) groups excluding carboxylic acids is 1. The molecule has 0 unspecified atom stereocenters. The van der Waals surface area contributed by atoms with Crippen LogP contribution in [0.3, 0.4) is 0 Å². The Morgan fingerprint density at radius 3 is 2.45 bits per heavy atom. The van der Waals surface area contributed by atoms with Gasteiger partial charge in [0.15, 0.2) is 5.82 Å². The fourth-order valence-corrected chi connectivity index (χ4v) is 3.30. The van der Waals surface area contributed by atoms with Crippen molar-refractivity contribution in [2.24, 2.45) is 0 Å². The first-order valence-electron chi connectivity index (χ1n) is 10.5. The summed E-state index contributed by atoms with van der Waals surface area (Å²) in [7, 11) is 0. The molecular formula is C24H30N4O. The Balaban J connectivity index is 1.94. The molecule has 0 bridgehead atoms. The Hall–Kier alpha value is -2.95. The molecule has 0 aliphatic carbocycles. The van der Waals surface area contributed by atoms with E-state index in [0.29, 0.717) is 18.8 Å². The third kappa shape index (κ3) is 5.31. The van der Waals surface area contributed by atoms with E-state index in [4.69, 9.17) is 9.97 Å². The average Bonchev–Trinajstić information content (AvgIpc) is 2.76. The molecule has 1 N–H and O–H groups in total. The topological polar surface area (TPSA) is 58.1 Å². The maximum atomic E-state index is 12.3. The Labute approximate surface area is 173 Å². The first-order chi connectivity index (χ1) is 14.1. The van der Waals surface area contributed by atoms with Gasteiger partial charge in [0, 0.05) is 36.5 Å². The molecule has 5 nitrogen and oxygen atoms in total. The molecule has 0 saturated carbocycles. The number of aromatic nitrogens is 2. The molecule has 5 heteroatoms. The second-order valence-corrected chi connectivity index (χ2v) is 7.37. The van der Waals surface area contributed by atoms with Gasteiger partial charge in [-0.3, -0.25) is 4.79 Å². The van der Waals surface area contributed by atoms with E-state index in [2.05, 4.69) is 30.1 Å². The lowest BCUT2D eigenvalue weighted by molar-refractivity contribution is -0.121. The highest BCUT2D eigenvalue weighted by Gasteiger charge is 2.16. The number of anilines is 1. The van der Waals surface area contributed by atoms with Gasteiger partial charge in [0.2, 0.25) is 5.91 Å². The van der Waals surface area contributed by atoms with Crippen molar-refractivity contribution in [1.29, 1.82) is 0 Å². The molecule has 0 aliphatic rings. The summed E-state index contributed by atoms with van der Waals surface area (Å²) in [5.74, 6) is 1.69. The van der Waals surface area contributed by atoms with E-state index in [1.165, 1.54) is 0 Å². The van der Waals surface area contributed by atoms with Gasteiger partial charge in [-0.05, 0) is 31.9 Å². The van der Waals surface area contributed by atoms with Crippen molar-refractivity contribution in [3.63, 3.8) is 0 Å². The van der Waals surface area contributed by atoms with Gasteiger partial charge in [0.25, 0.3) is 0 Å². The molecule has 3 aromatic rings. The minimum atomic E-state index is 0.0853. The van der Waals surface area contributed by atoms with Crippen LogP contribution in [-0.4, -0.2) is 35.0 Å². The molecule has 1 aromatic heterocycles. The molecule has 0 saturated heterocycles. The fourth-order valence-electron chi connectivity index (χ4n) is 3.30. The van der Waals surface area contributed by atoms with Crippen LogP contribution in [0.1, 0.15) is 40.0 Å². The lowest BCUT2D eigenvalue weighted by atomic mass is 10.1. The summed E-state index contributed by atoms with van der Waals surface area (Å²) < 4.78 is 0. The van der Waals surface area contributed by atoms with Gasteiger partial charge >= 0.3 is 0 Å². The van der Waals surface area contributed by atoms with Crippen molar-refractivity contribution in [2.45, 2.75) is 46.1 Å². The van der Waals surface area contributed by atoms with Gasteiger partial charge in [-0.15, -0.1) is 0 Å². The zero-order valence-electron chi connectivity index (χ0n) is 17.6. The van der Waals surface area contributed by atoms with Crippen molar-refractivity contribution in [2.75, 3.05) is 18.0 Å². The van der Waals surface area contributed by atoms with E-state index >= 15 is 0 Å². The number of hydrogen-bond donors (Lipinski definition) is 1. The number of nitrogens with zero attached hydrogens (tertiary/aromatic N) is 3. The van der Waals surface area contributed by atoms with Crippen molar-refractivity contribution in [3.05, 3.63) is 54.6 Å². The minimum Gasteiger partial charge on any atom is -0.355 e. The van der Waals surface area contributed by atoms with E-state index in [9.17, 15) is 4.79 Å². The normalized spacial score (nSPS) is 12.0. The van der Waals surface area contributed by atoms with Crippen LogP contribution in [0.15, 0.2) is 54.6 Å². The van der Waals surface area contributed by atoms with E-state index in [1.54, 1.807) is 0 Å². The molecule has 1 atom stereocenters. The Morgan fingerprint density at radius 1 is 1.00 bits per heavy atom. The van der Waals surface area contributed by atoms with Gasteiger partial charge in [0.05, 0.1) is 5.52 Å². The quantitative estimate of drug-likeness (QED) is 0.569. The molecule has 0 fully saturated rings. The molecule has 0 radical (unpaired) electrons. The molecule has 1 heterocycles. The predicted octanol–water partition coefficient (Wildman–Crippen LogP) is 4.82. The van der Waals surface area contributed by atoms with Crippen molar-refractivity contribution in [3.8, 4) is 11.4 Å². The number of fused-ring (bicyclic) bond motifs is 1. The monoisotopic (exact) mass is 390 g/mol. The van der Waals surface area contributed by atoms with Crippen molar-refractivity contribution < 1.29 is 4.79 Å². The third-order valence-corrected chi connectivity index (χ3v) is 5.04. The first kappa shape index (κ1) is 20.8. The summed E-state index contributed by atoms with van der Waals surface area (Å²) in [6, 6.07) is 18.3. The largest absolute Gasteiger partial charge is 0.355 e. The van der Waals surface area contributed by atoms with Gasteiger partial charge in [0.1, 0.15) is 5.82 Å². The highest BCUT2D eigenvalue weighted by atomic mass is 16.1. The Morgan fingerprint density at radius 2 is 1.72 bits per heavy atom. The third-order valence-electron chi connectivity index (χ3n) is 5.04. The second-order valence-electron chi connectivity index (χ2n) is 7.37. The van der Waals surface area contributed by atoms with Crippen LogP contribution in [-0.2, 0) is 4.79 Å². The molecule has 2 aromatic carbocycles. The van der Waals surface area contributed by atoms with E-state index < -0.39 is 0 Å². The first-order valence-corrected chi connectivity index (χ1v) is 10.5. The highest BCUT2D eigenvalue weighted by Crippen LogP contribution is 2.27. The van der Waals surface area contributed by atoms with Crippen LogP contribution >= 0.6 is 0 Å². The predicted molar refractivity (Wildman–Crippen MR) is 120 cm³/mol. The number of benzene rings is 2. The van der Waals surface area contributed by atoms with Gasteiger partial charge in [-0.25, -0.2) is 9.97 Å². The van der Waals surface area contributed by atoms with Crippen LogP contribution in [0.25, 0.3) is 22.3 Å². The number of nitrogens with one attached hydrogen (secondary N) is 1. The Bertz CT molecular complexity index is 942. The average molecular weight is 391 g/mol. The lowest BCUT2D eigenvalue weighted by Gasteiger charge is -2.25. The zero-order chi connectivity index (χ0) is 20.6. The number of amides is 1. The zero-order valence-corrected chi connectivity index (χ0v) is 17.6. The molecule has 3 rings (SSSR count). The molecule has 0 aliphatic heterocycles. The molecular weight excluding hydrogens is 360 g/mol. The fraction of sp³-hybridized carbons (Fsp3) is 0.375. The van der Waals surface area contributed by atoms with E-state index in [-0.39, 0.29) is 11.9 Å².